The molecule has 1 aliphatic heterocycles. The summed E-state index contributed by atoms with van der Waals surface area (Å²) in [6, 6.07) is 6.01. The topological polar surface area (TPSA) is 21.3 Å². The average molecular weight is 253 g/mol. The SMILES string of the molecule is Fc1cccc(CNC2CC2)c1SC1COC1. The van der Waals surface area contributed by atoms with Crippen molar-refractivity contribution in [2.45, 2.75) is 35.6 Å². The summed E-state index contributed by atoms with van der Waals surface area (Å²) in [5, 5.41) is 3.86. The summed E-state index contributed by atoms with van der Waals surface area (Å²) in [5.41, 5.74) is 1.08. The zero-order chi connectivity index (χ0) is 11.7. The van der Waals surface area contributed by atoms with E-state index in [-0.39, 0.29) is 5.82 Å². The van der Waals surface area contributed by atoms with Gasteiger partial charge in [0.25, 0.3) is 0 Å². The number of benzene rings is 1. The first-order valence-electron chi connectivity index (χ1n) is 6.08. The van der Waals surface area contributed by atoms with Gasteiger partial charge in [-0.15, -0.1) is 11.8 Å². The lowest BCUT2D eigenvalue weighted by Crippen LogP contribution is -2.30. The van der Waals surface area contributed by atoms with Crippen LogP contribution in [0.25, 0.3) is 0 Å². The summed E-state index contributed by atoms with van der Waals surface area (Å²) >= 11 is 1.62. The van der Waals surface area contributed by atoms with Crippen LogP contribution in [0.2, 0.25) is 0 Å². The summed E-state index contributed by atoms with van der Waals surface area (Å²) in [6.07, 6.45) is 2.52. The van der Waals surface area contributed by atoms with Crippen molar-refractivity contribution < 1.29 is 9.13 Å². The van der Waals surface area contributed by atoms with Gasteiger partial charge in [0, 0.05) is 17.5 Å². The van der Waals surface area contributed by atoms with Crippen LogP contribution in [0, 0.1) is 5.82 Å². The van der Waals surface area contributed by atoms with Crippen molar-refractivity contribution in [3.05, 3.63) is 29.6 Å². The molecule has 1 saturated heterocycles. The lowest BCUT2D eigenvalue weighted by Gasteiger charge is -2.26. The summed E-state index contributed by atoms with van der Waals surface area (Å²) < 4.78 is 19.0. The first kappa shape index (κ1) is 11.5. The molecule has 1 heterocycles. The van der Waals surface area contributed by atoms with Crippen LogP contribution in [0.3, 0.4) is 0 Å². The van der Waals surface area contributed by atoms with Gasteiger partial charge in [0.2, 0.25) is 0 Å². The molecule has 0 bridgehead atoms. The number of hydrogen-bond donors (Lipinski definition) is 1. The molecule has 0 atom stereocenters. The van der Waals surface area contributed by atoms with Crippen LogP contribution in [0.5, 0.6) is 0 Å². The zero-order valence-electron chi connectivity index (χ0n) is 9.62. The van der Waals surface area contributed by atoms with Gasteiger partial charge in [-0.1, -0.05) is 12.1 Å². The smallest absolute Gasteiger partial charge is 0.137 e. The summed E-state index contributed by atoms with van der Waals surface area (Å²) in [7, 11) is 0. The molecule has 1 saturated carbocycles. The van der Waals surface area contributed by atoms with Crippen molar-refractivity contribution in [1.82, 2.24) is 5.32 Å². The molecule has 2 aliphatic rings. The van der Waals surface area contributed by atoms with Crippen LogP contribution in [0.15, 0.2) is 23.1 Å². The van der Waals surface area contributed by atoms with Gasteiger partial charge < -0.3 is 10.1 Å². The predicted octanol–water partition coefficient (Wildman–Crippen LogP) is 2.57. The number of nitrogens with one attached hydrogen (secondary N) is 1. The van der Waals surface area contributed by atoms with Gasteiger partial charge in [0.05, 0.1) is 18.5 Å². The number of rotatable bonds is 5. The molecular weight excluding hydrogens is 237 g/mol. The summed E-state index contributed by atoms with van der Waals surface area (Å²) in [5.74, 6) is -0.100. The van der Waals surface area contributed by atoms with Gasteiger partial charge in [-0.3, -0.25) is 0 Å². The van der Waals surface area contributed by atoms with Gasteiger partial charge in [0.15, 0.2) is 0 Å². The fourth-order valence-corrected chi connectivity index (χ4v) is 2.95. The highest BCUT2D eigenvalue weighted by Crippen LogP contribution is 2.33. The van der Waals surface area contributed by atoms with E-state index in [1.54, 1.807) is 23.9 Å². The minimum absolute atomic E-state index is 0.100. The lowest BCUT2D eigenvalue weighted by atomic mass is 10.2. The van der Waals surface area contributed by atoms with E-state index in [1.165, 1.54) is 12.8 Å². The second-order valence-electron chi connectivity index (χ2n) is 4.66. The molecule has 92 valence electrons. The molecule has 0 radical (unpaired) electrons. The number of halogens is 1. The molecule has 4 heteroatoms. The van der Waals surface area contributed by atoms with E-state index in [0.29, 0.717) is 11.3 Å². The Kier molecular flexibility index (Phi) is 3.36. The highest BCUT2D eigenvalue weighted by Gasteiger charge is 2.24. The van der Waals surface area contributed by atoms with Crippen molar-refractivity contribution >= 4 is 11.8 Å². The highest BCUT2D eigenvalue weighted by molar-refractivity contribution is 8.00. The first-order valence-corrected chi connectivity index (χ1v) is 6.96. The van der Waals surface area contributed by atoms with Crippen LogP contribution >= 0.6 is 11.8 Å². The highest BCUT2D eigenvalue weighted by atomic mass is 32.2. The third kappa shape index (κ3) is 2.81. The van der Waals surface area contributed by atoms with Gasteiger partial charge in [-0.25, -0.2) is 4.39 Å². The van der Waals surface area contributed by atoms with Crippen LogP contribution in [0.4, 0.5) is 4.39 Å². The quantitative estimate of drug-likeness (QED) is 0.871. The van der Waals surface area contributed by atoms with Gasteiger partial charge >= 0.3 is 0 Å². The fraction of sp³-hybridized carbons (Fsp3) is 0.538. The maximum Gasteiger partial charge on any atom is 0.137 e. The molecule has 1 aliphatic carbocycles. The Morgan fingerprint density at radius 1 is 1.35 bits per heavy atom. The lowest BCUT2D eigenvalue weighted by molar-refractivity contribution is 0.0454. The average Bonchev–Trinajstić information content (AvgIpc) is 3.06. The Bertz CT molecular complexity index is 404. The van der Waals surface area contributed by atoms with Gasteiger partial charge in [-0.2, -0.15) is 0 Å². The maximum atomic E-state index is 13.8. The Labute approximate surface area is 105 Å². The van der Waals surface area contributed by atoms with Crippen LogP contribution in [0.1, 0.15) is 18.4 Å². The second kappa shape index (κ2) is 4.96. The summed E-state index contributed by atoms with van der Waals surface area (Å²) in [4.78, 5) is 0.800. The number of ether oxygens (including phenoxy) is 1. The third-order valence-electron chi connectivity index (χ3n) is 3.10. The minimum atomic E-state index is -0.100. The molecule has 0 aromatic heterocycles. The van der Waals surface area contributed by atoms with E-state index >= 15 is 0 Å². The molecule has 0 unspecified atom stereocenters. The van der Waals surface area contributed by atoms with Gasteiger partial charge in [-0.05, 0) is 24.5 Å². The van der Waals surface area contributed by atoms with E-state index in [1.807, 2.05) is 6.07 Å². The molecule has 1 N–H and O–H groups in total. The van der Waals surface area contributed by atoms with Crippen LogP contribution in [-0.4, -0.2) is 24.5 Å². The monoisotopic (exact) mass is 253 g/mol. The van der Waals surface area contributed by atoms with E-state index in [0.717, 1.165) is 30.2 Å². The Morgan fingerprint density at radius 2 is 2.18 bits per heavy atom. The third-order valence-corrected chi connectivity index (χ3v) is 4.40. The normalized spacial score (nSPS) is 20.3. The van der Waals surface area contributed by atoms with Crippen molar-refractivity contribution in [2.75, 3.05) is 13.2 Å². The first-order chi connectivity index (χ1) is 8.33. The maximum absolute atomic E-state index is 13.8. The Morgan fingerprint density at radius 3 is 2.82 bits per heavy atom. The Hall–Kier alpha value is -0.580. The number of hydrogen-bond acceptors (Lipinski definition) is 3. The van der Waals surface area contributed by atoms with Crippen molar-refractivity contribution in [2.24, 2.45) is 0 Å². The van der Waals surface area contributed by atoms with Crippen molar-refractivity contribution in [3.63, 3.8) is 0 Å². The Balaban J connectivity index is 1.71. The number of thioether (sulfide) groups is 1. The molecule has 17 heavy (non-hydrogen) atoms. The standard InChI is InChI=1S/C13H16FNOS/c14-12-3-1-2-9(6-15-10-4-5-10)13(12)17-11-7-16-8-11/h1-3,10-11,15H,4-8H2. The fourth-order valence-electron chi connectivity index (χ4n) is 1.82. The van der Waals surface area contributed by atoms with Crippen LogP contribution < -0.4 is 5.32 Å². The molecular formula is C13H16FNOS. The predicted molar refractivity (Wildman–Crippen MR) is 66.7 cm³/mol. The van der Waals surface area contributed by atoms with Gasteiger partial charge in [0.1, 0.15) is 5.82 Å². The molecule has 3 rings (SSSR count). The van der Waals surface area contributed by atoms with E-state index in [4.69, 9.17) is 4.74 Å². The largest absolute Gasteiger partial charge is 0.379 e. The van der Waals surface area contributed by atoms with Crippen LogP contribution in [-0.2, 0) is 11.3 Å². The van der Waals surface area contributed by atoms with Crippen molar-refractivity contribution in [1.29, 1.82) is 0 Å². The molecule has 2 nitrogen and oxygen atoms in total. The van der Waals surface area contributed by atoms with Crippen molar-refractivity contribution in [3.8, 4) is 0 Å². The van der Waals surface area contributed by atoms with E-state index < -0.39 is 0 Å². The molecule has 2 fully saturated rings. The van der Waals surface area contributed by atoms with E-state index in [2.05, 4.69) is 5.32 Å². The molecule has 1 aromatic rings. The molecule has 0 spiro atoms. The molecule has 1 aromatic carbocycles. The summed E-state index contributed by atoms with van der Waals surface area (Å²) in [6.45, 7) is 2.27. The minimum Gasteiger partial charge on any atom is -0.379 e. The second-order valence-corrected chi connectivity index (χ2v) is 5.97. The zero-order valence-corrected chi connectivity index (χ0v) is 10.4. The van der Waals surface area contributed by atoms with E-state index in [9.17, 15) is 4.39 Å². The molecule has 0 amide bonds.